The molecule has 0 aliphatic carbocycles. The Kier molecular flexibility index (Phi) is 6.18. The maximum absolute atomic E-state index is 12.7. The zero-order valence-corrected chi connectivity index (χ0v) is 19.0. The minimum atomic E-state index is -0.143. The van der Waals surface area contributed by atoms with Crippen LogP contribution in [0.25, 0.3) is 0 Å². The fourth-order valence-corrected chi connectivity index (χ4v) is 4.69. The first-order valence-corrected chi connectivity index (χ1v) is 11.5. The van der Waals surface area contributed by atoms with Gasteiger partial charge in [-0.15, -0.1) is 0 Å². The van der Waals surface area contributed by atoms with Crippen molar-refractivity contribution >= 4 is 23.2 Å². The molecular formula is C23H27N5O2S. The number of hydrogen-bond acceptors (Lipinski definition) is 5. The number of hydrogen-bond donors (Lipinski definition) is 1. The van der Waals surface area contributed by atoms with Gasteiger partial charge in [-0.25, -0.2) is 0 Å². The van der Waals surface area contributed by atoms with Crippen LogP contribution in [-0.2, 0) is 44.2 Å². The van der Waals surface area contributed by atoms with Crippen LogP contribution in [0.2, 0.25) is 0 Å². The molecule has 0 bridgehead atoms. The minimum absolute atomic E-state index is 0.141. The molecule has 0 radical (unpaired) electrons. The molecule has 8 heteroatoms. The van der Waals surface area contributed by atoms with Gasteiger partial charge in [-0.2, -0.15) is 16.4 Å². The van der Waals surface area contributed by atoms with Gasteiger partial charge >= 0.3 is 0 Å². The molecule has 2 amide bonds. The van der Waals surface area contributed by atoms with Gasteiger partial charge in [-0.1, -0.05) is 6.92 Å². The Labute approximate surface area is 186 Å². The van der Waals surface area contributed by atoms with Crippen molar-refractivity contribution in [2.45, 2.75) is 46.2 Å². The second-order valence-corrected chi connectivity index (χ2v) is 8.66. The summed E-state index contributed by atoms with van der Waals surface area (Å²) in [5, 5.41) is 11.4. The van der Waals surface area contributed by atoms with Gasteiger partial charge in [0.25, 0.3) is 5.91 Å². The third kappa shape index (κ3) is 4.54. The van der Waals surface area contributed by atoms with Crippen molar-refractivity contribution in [2.24, 2.45) is 7.05 Å². The first-order chi connectivity index (χ1) is 15.0. The Balaban J connectivity index is 1.46. The van der Waals surface area contributed by atoms with E-state index in [0.29, 0.717) is 31.7 Å². The van der Waals surface area contributed by atoms with Gasteiger partial charge in [-0.05, 0) is 64.9 Å². The normalized spacial score (nSPS) is 13.2. The average molecular weight is 438 g/mol. The Morgan fingerprint density at radius 3 is 2.87 bits per heavy atom. The van der Waals surface area contributed by atoms with Gasteiger partial charge in [0.15, 0.2) is 0 Å². The fraction of sp³-hybridized carbons (Fsp3) is 0.391. The zero-order valence-electron chi connectivity index (χ0n) is 18.1. The van der Waals surface area contributed by atoms with Crippen LogP contribution >= 0.6 is 11.3 Å². The van der Waals surface area contributed by atoms with Crippen LogP contribution in [-0.4, -0.2) is 38.0 Å². The number of nitrogens with zero attached hydrogens (tertiary/aromatic N) is 4. The minimum Gasteiger partial charge on any atom is -0.347 e. The van der Waals surface area contributed by atoms with Crippen molar-refractivity contribution in [1.82, 2.24) is 25.0 Å². The third-order valence-electron chi connectivity index (χ3n) is 5.83. The van der Waals surface area contributed by atoms with Gasteiger partial charge in [0.1, 0.15) is 5.69 Å². The number of nitrogens with one attached hydrogen (secondary N) is 1. The van der Waals surface area contributed by atoms with Gasteiger partial charge < -0.3 is 10.2 Å². The van der Waals surface area contributed by atoms with E-state index in [1.807, 2.05) is 47.8 Å². The molecule has 0 unspecified atom stereocenters. The Hall–Kier alpha value is -3.00. The van der Waals surface area contributed by atoms with E-state index >= 15 is 0 Å². The van der Waals surface area contributed by atoms with Crippen LogP contribution in [0.5, 0.6) is 0 Å². The summed E-state index contributed by atoms with van der Waals surface area (Å²) in [6.07, 6.45) is 3.86. The lowest BCUT2D eigenvalue weighted by atomic mass is 9.94. The number of amides is 2. The molecule has 162 valence electrons. The van der Waals surface area contributed by atoms with Gasteiger partial charge in [0, 0.05) is 38.6 Å². The largest absolute Gasteiger partial charge is 0.347 e. The van der Waals surface area contributed by atoms with Crippen molar-refractivity contribution in [2.75, 3.05) is 6.54 Å². The average Bonchev–Trinajstić information content (AvgIpc) is 3.41. The van der Waals surface area contributed by atoms with Crippen LogP contribution in [0, 0.1) is 6.92 Å². The van der Waals surface area contributed by atoms with Crippen molar-refractivity contribution in [1.29, 1.82) is 0 Å². The van der Waals surface area contributed by atoms with E-state index in [1.54, 1.807) is 23.1 Å². The smallest absolute Gasteiger partial charge is 0.269 e. The predicted octanol–water partition coefficient (Wildman–Crippen LogP) is 2.80. The summed E-state index contributed by atoms with van der Waals surface area (Å²) in [6.45, 7) is 5.64. The molecule has 31 heavy (non-hydrogen) atoms. The Bertz CT molecular complexity index is 1100. The number of carbonyl (C=O) groups is 2. The molecular weight excluding hydrogens is 410 g/mol. The van der Waals surface area contributed by atoms with E-state index in [4.69, 9.17) is 0 Å². The highest BCUT2D eigenvalue weighted by atomic mass is 32.1. The van der Waals surface area contributed by atoms with E-state index in [0.717, 1.165) is 40.9 Å². The SMILES string of the molecule is CCc1cc(C(=O)NCc2c(C)ncc3c2CCN(C(=O)Cc2ccsc2)C3)n(C)n1. The molecule has 0 spiro atoms. The number of aryl methyl sites for hydroxylation is 3. The van der Waals surface area contributed by atoms with Crippen LogP contribution in [0.1, 0.15) is 51.1 Å². The van der Waals surface area contributed by atoms with Crippen LogP contribution in [0.15, 0.2) is 29.1 Å². The molecule has 7 nitrogen and oxygen atoms in total. The summed E-state index contributed by atoms with van der Waals surface area (Å²) in [6, 6.07) is 3.83. The van der Waals surface area contributed by atoms with E-state index in [2.05, 4.69) is 15.4 Å². The maximum Gasteiger partial charge on any atom is 0.269 e. The number of rotatable bonds is 6. The van der Waals surface area contributed by atoms with Crippen LogP contribution < -0.4 is 5.32 Å². The highest BCUT2D eigenvalue weighted by molar-refractivity contribution is 7.08. The summed E-state index contributed by atoms with van der Waals surface area (Å²) in [4.78, 5) is 31.8. The van der Waals surface area contributed by atoms with E-state index in [1.165, 1.54) is 5.56 Å². The molecule has 0 saturated carbocycles. The number of fused-ring (bicyclic) bond motifs is 1. The summed E-state index contributed by atoms with van der Waals surface area (Å²) < 4.78 is 1.62. The molecule has 1 N–H and O–H groups in total. The zero-order chi connectivity index (χ0) is 22.0. The van der Waals surface area contributed by atoms with Crippen LogP contribution in [0.4, 0.5) is 0 Å². The standard InChI is InChI=1S/C23H27N5O2S/c1-4-18-10-21(27(3)26-18)23(30)25-12-20-15(2)24-11-17-13-28(7-5-19(17)20)22(29)9-16-6-8-31-14-16/h6,8,10-11,14H,4-5,7,9,12-13H2,1-3H3,(H,25,30). The Morgan fingerprint density at radius 2 is 2.16 bits per heavy atom. The molecule has 4 rings (SSSR count). The molecule has 0 fully saturated rings. The summed E-state index contributed by atoms with van der Waals surface area (Å²) in [7, 11) is 1.78. The topological polar surface area (TPSA) is 80.1 Å². The number of aromatic nitrogens is 3. The van der Waals surface area contributed by atoms with Crippen molar-refractivity contribution in [3.63, 3.8) is 0 Å². The molecule has 0 atom stereocenters. The highest BCUT2D eigenvalue weighted by Crippen LogP contribution is 2.24. The summed E-state index contributed by atoms with van der Waals surface area (Å²) >= 11 is 1.61. The van der Waals surface area contributed by atoms with E-state index in [-0.39, 0.29) is 11.8 Å². The van der Waals surface area contributed by atoms with Crippen molar-refractivity contribution < 1.29 is 9.59 Å². The second-order valence-electron chi connectivity index (χ2n) is 7.88. The molecule has 0 saturated heterocycles. The molecule has 0 aromatic carbocycles. The third-order valence-corrected chi connectivity index (χ3v) is 6.57. The summed E-state index contributed by atoms with van der Waals surface area (Å²) in [5.74, 6) is -0.00232. The molecule has 3 aromatic rings. The summed E-state index contributed by atoms with van der Waals surface area (Å²) in [5.41, 5.74) is 6.74. The van der Waals surface area contributed by atoms with Gasteiger partial charge in [0.2, 0.25) is 5.91 Å². The molecule has 1 aliphatic heterocycles. The lowest BCUT2D eigenvalue weighted by Crippen LogP contribution is -2.38. The van der Waals surface area contributed by atoms with Crippen molar-refractivity contribution in [3.05, 3.63) is 68.4 Å². The van der Waals surface area contributed by atoms with Crippen molar-refractivity contribution in [3.8, 4) is 0 Å². The monoisotopic (exact) mass is 437 g/mol. The fourth-order valence-electron chi connectivity index (χ4n) is 4.02. The first kappa shape index (κ1) is 21.2. The van der Waals surface area contributed by atoms with E-state index < -0.39 is 0 Å². The predicted molar refractivity (Wildman–Crippen MR) is 120 cm³/mol. The van der Waals surface area contributed by atoms with Gasteiger partial charge in [0.05, 0.1) is 12.1 Å². The lowest BCUT2D eigenvalue weighted by molar-refractivity contribution is -0.131. The van der Waals surface area contributed by atoms with Crippen LogP contribution in [0.3, 0.4) is 0 Å². The maximum atomic E-state index is 12.7. The highest BCUT2D eigenvalue weighted by Gasteiger charge is 2.24. The van der Waals surface area contributed by atoms with Gasteiger partial charge in [-0.3, -0.25) is 19.3 Å². The van der Waals surface area contributed by atoms with E-state index in [9.17, 15) is 9.59 Å². The number of carbonyl (C=O) groups excluding carboxylic acids is 2. The second kappa shape index (κ2) is 9.01. The Morgan fingerprint density at radius 1 is 1.32 bits per heavy atom. The number of pyridine rings is 1. The molecule has 1 aliphatic rings. The first-order valence-electron chi connectivity index (χ1n) is 10.5. The number of thiophene rings is 1. The lowest BCUT2D eigenvalue weighted by Gasteiger charge is -2.30. The molecule has 4 heterocycles. The molecule has 3 aromatic heterocycles. The quantitative estimate of drug-likeness (QED) is 0.643.